The molecule has 4 nitrogen and oxygen atoms in total. The highest BCUT2D eigenvalue weighted by atomic mass is 32.2. The Kier molecular flexibility index (Phi) is 8.15. The molecule has 0 fully saturated rings. The highest BCUT2D eigenvalue weighted by molar-refractivity contribution is 8.01. The Morgan fingerprint density at radius 2 is 1.77 bits per heavy atom. The smallest absolute Gasteiger partial charge is 0.234 e. The van der Waals surface area contributed by atoms with Crippen LogP contribution in [0.2, 0.25) is 0 Å². The minimum atomic E-state index is -0.352. The molecule has 6 heteroatoms. The first-order valence-electron chi connectivity index (χ1n) is 8.53. The van der Waals surface area contributed by atoms with Crippen LogP contribution in [0.15, 0.2) is 54.6 Å². The van der Waals surface area contributed by atoms with Gasteiger partial charge in [0.05, 0.1) is 11.0 Å². The predicted octanol–water partition coefficient (Wildman–Crippen LogP) is 3.63. The van der Waals surface area contributed by atoms with E-state index in [1.807, 2.05) is 18.2 Å². The summed E-state index contributed by atoms with van der Waals surface area (Å²) < 4.78 is 12.8. The fraction of sp³-hybridized carbons (Fsp3) is 0.300. The van der Waals surface area contributed by atoms with E-state index < -0.39 is 0 Å². The van der Waals surface area contributed by atoms with Gasteiger partial charge in [-0.15, -0.1) is 11.8 Å². The number of carbonyl (C=O) groups is 2. The van der Waals surface area contributed by atoms with Crippen molar-refractivity contribution in [3.05, 3.63) is 66.0 Å². The summed E-state index contributed by atoms with van der Waals surface area (Å²) in [5.74, 6) is -0.478. The lowest BCUT2D eigenvalue weighted by Crippen LogP contribution is -2.32. The van der Waals surface area contributed by atoms with Crippen LogP contribution in [0.3, 0.4) is 0 Å². The Morgan fingerprint density at radius 1 is 1.08 bits per heavy atom. The Morgan fingerprint density at radius 3 is 2.46 bits per heavy atom. The van der Waals surface area contributed by atoms with Crippen molar-refractivity contribution in [2.45, 2.75) is 25.0 Å². The van der Waals surface area contributed by atoms with Gasteiger partial charge < -0.3 is 10.6 Å². The monoisotopic (exact) mass is 374 g/mol. The van der Waals surface area contributed by atoms with Crippen LogP contribution in [0.25, 0.3) is 0 Å². The van der Waals surface area contributed by atoms with Gasteiger partial charge in [0.25, 0.3) is 0 Å². The van der Waals surface area contributed by atoms with E-state index in [4.69, 9.17) is 0 Å². The standard InChI is InChI=1S/C20H23FN2O2S/c1-15(20(25)22-13-5-8-16-6-3-2-4-7-16)26-14-19(24)23-18-11-9-17(21)10-12-18/h2-4,6-7,9-12,15H,5,8,13-14H2,1H3,(H,22,25)(H,23,24). The summed E-state index contributed by atoms with van der Waals surface area (Å²) in [6.07, 6.45) is 1.79. The van der Waals surface area contributed by atoms with Crippen molar-refractivity contribution >= 4 is 29.3 Å². The van der Waals surface area contributed by atoms with Crippen molar-refractivity contribution in [2.75, 3.05) is 17.6 Å². The van der Waals surface area contributed by atoms with Crippen LogP contribution >= 0.6 is 11.8 Å². The number of carbonyl (C=O) groups excluding carboxylic acids is 2. The molecule has 138 valence electrons. The average molecular weight is 374 g/mol. The van der Waals surface area contributed by atoms with E-state index in [1.54, 1.807) is 6.92 Å². The third-order valence-electron chi connectivity index (χ3n) is 3.75. The summed E-state index contributed by atoms with van der Waals surface area (Å²) >= 11 is 1.27. The molecule has 0 radical (unpaired) electrons. The molecule has 1 atom stereocenters. The van der Waals surface area contributed by atoms with E-state index in [-0.39, 0.29) is 28.6 Å². The fourth-order valence-electron chi connectivity index (χ4n) is 2.30. The number of anilines is 1. The van der Waals surface area contributed by atoms with Crippen LogP contribution < -0.4 is 10.6 Å². The van der Waals surface area contributed by atoms with Crippen LogP contribution in [0.1, 0.15) is 18.9 Å². The van der Waals surface area contributed by atoms with Crippen LogP contribution in [0.5, 0.6) is 0 Å². The molecule has 0 saturated carbocycles. The predicted molar refractivity (Wildman–Crippen MR) is 105 cm³/mol. The Labute approximate surface area is 157 Å². The minimum absolute atomic E-state index is 0.0716. The second-order valence-corrected chi connectivity index (χ2v) is 7.22. The average Bonchev–Trinajstić information content (AvgIpc) is 2.66. The third kappa shape index (κ3) is 7.27. The number of thioether (sulfide) groups is 1. The lowest BCUT2D eigenvalue weighted by atomic mass is 10.1. The van der Waals surface area contributed by atoms with Gasteiger partial charge in [-0.25, -0.2) is 4.39 Å². The Hall–Kier alpha value is -2.34. The number of halogens is 1. The number of aryl methyl sites for hydroxylation is 1. The molecule has 0 saturated heterocycles. The molecule has 2 rings (SSSR count). The maximum atomic E-state index is 12.8. The summed E-state index contributed by atoms with van der Waals surface area (Å²) in [5, 5.41) is 5.26. The van der Waals surface area contributed by atoms with Crippen molar-refractivity contribution in [3.8, 4) is 0 Å². The first-order chi connectivity index (χ1) is 12.5. The van der Waals surface area contributed by atoms with Gasteiger partial charge in [-0.1, -0.05) is 30.3 Å². The largest absolute Gasteiger partial charge is 0.355 e. The summed E-state index contributed by atoms with van der Waals surface area (Å²) in [6.45, 7) is 2.39. The van der Waals surface area contributed by atoms with Crippen LogP contribution in [0.4, 0.5) is 10.1 Å². The number of nitrogens with one attached hydrogen (secondary N) is 2. The number of rotatable bonds is 9. The topological polar surface area (TPSA) is 58.2 Å². The van der Waals surface area contributed by atoms with E-state index >= 15 is 0 Å². The molecule has 2 N–H and O–H groups in total. The zero-order valence-electron chi connectivity index (χ0n) is 14.7. The van der Waals surface area contributed by atoms with Crippen LogP contribution in [0, 0.1) is 5.82 Å². The molecule has 2 amide bonds. The molecule has 0 spiro atoms. The lowest BCUT2D eigenvalue weighted by molar-refractivity contribution is -0.120. The van der Waals surface area contributed by atoms with E-state index in [1.165, 1.54) is 41.6 Å². The Balaban J connectivity index is 1.61. The SMILES string of the molecule is CC(SCC(=O)Nc1ccc(F)cc1)C(=O)NCCCc1ccccc1. The number of hydrogen-bond donors (Lipinski definition) is 2. The van der Waals surface area contributed by atoms with E-state index in [0.29, 0.717) is 12.2 Å². The molecule has 26 heavy (non-hydrogen) atoms. The summed E-state index contributed by atoms with van der Waals surface area (Å²) in [7, 11) is 0. The first-order valence-corrected chi connectivity index (χ1v) is 9.58. The zero-order chi connectivity index (χ0) is 18.8. The third-order valence-corrected chi connectivity index (χ3v) is 4.89. The maximum Gasteiger partial charge on any atom is 0.234 e. The summed E-state index contributed by atoms with van der Waals surface area (Å²) in [4.78, 5) is 23.9. The van der Waals surface area contributed by atoms with E-state index in [0.717, 1.165) is 12.8 Å². The minimum Gasteiger partial charge on any atom is -0.355 e. The number of hydrogen-bond acceptors (Lipinski definition) is 3. The molecular formula is C20H23FN2O2S. The molecule has 0 heterocycles. The first kappa shape index (κ1) is 20.0. The molecule has 0 aliphatic rings. The van der Waals surface area contributed by atoms with Crippen LogP contribution in [-0.2, 0) is 16.0 Å². The molecular weight excluding hydrogens is 351 g/mol. The zero-order valence-corrected chi connectivity index (χ0v) is 15.5. The van der Waals surface area contributed by atoms with Crippen molar-refractivity contribution in [1.82, 2.24) is 5.32 Å². The molecule has 0 aliphatic heterocycles. The van der Waals surface area contributed by atoms with Gasteiger partial charge in [-0.2, -0.15) is 0 Å². The van der Waals surface area contributed by atoms with Crippen LogP contribution in [-0.4, -0.2) is 29.4 Å². The lowest BCUT2D eigenvalue weighted by Gasteiger charge is -2.12. The maximum absolute atomic E-state index is 12.8. The summed E-state index contributed by atoms with van der Waals surface area (Å²) in [6, 6.07) is 15.7. The fourth-order valence-corrected chi connectivity index (χ4v) is 3.01. The quantitative estimate of drug-likeness (QED) is 0.659. The second kappa shape index (κ2) is 10.6. The van der Waals surface area contributed by atoms with Gasteiger partial charge in [0.1, 0.15) is 5.82 Å². The van der Waals surface area contributed by atoms with Crippen molar-refractivity contribution < 1.29 is 14.0 Å². The number of benzene rings is 2. The van der Waals surface area contributed by atoms with Crippen molar-refractivity contribution in [3.63, 3.8) is 0 Å². The normalized spacial score (nSPS) is 11.6. The van der Waals surface area contributed by atoms with Gasteiger partial charge in [0.2, 0.25) is 11.8 Å². The van der Waals surface area contributed by atoms with Gasteiger partial charge in [0.15, 0.2) is 0 Å². The molecule has 0 aliphatic carbocycles. The van der Waals surface area contributed by atoms with Crippen molar-refractivity contribution in [2.24, 2.45) is 0 Å². The van der Waals surface area contributed by atoms with Crippen molar-refractivity contribution in [1.29, 1.82) is 0 Å². The highest BCUT2D eigenvalue weighted by Crippen LogP contribution is 2.13. The molecule has 0 bridgehead atoms. The molecule has 0 aromatic heterocycles. The molecule has 2 aromatic carbocycles. The highest BCUT2D eigenvalue weighted by Gasteiger charge is 2.14. The van der Waals surface area contributed by atoms with Gasteiger partial charge in [-0.05, 0) is 49.6 Å². The molecule has 2 aromatic rings. The van der Waals surface area contributed by atoms with Gasteiger partial charge >= 0.3 is 0 Å². The van der Waals surface area contributed by atoms with E-state index in [2.05, 4.69) is 22.8 Å². The summed E-state index contributed by atoms with van der Waals surface area (Å²) in [5.41, 5.74) is 1.79. The molecule has 1 unspecified atom stereocenters. The van der Waals surface area contributed by atoms with Gasteiger partial charge in [0, 0.05) is 12.2 Å². The van der Waals surface area contributed by atoms with Gasteiger partial charge in [-0.3, -0.25) is 9.59 Å². The number of amides is 2. The second-order valence-electron chi connectivity index (χ2n) is 5.89. The Bertz CT molecular complexity index is 708. The van der Waals surface area contributed by atoms with E-state index in [9.17, 15) is 14.0 Å².